The van der Waals surface area contributed by atoms with Crippen LogP contribution in [-0.4, -0.2) is 110 Å². The average molecular weight is 392 g/mol. The third-order valence-corrected chi connectivity index (χ3v) is 4.84. The summed E-state index contributed by atoms with van der Waals surface area (Å²) in [5, 5.41) is 40.9. The van der Waals surface area contributed by atoms with Crippen molar-refractivity contribution in [3.8, 4) is 0 Å². The minimum absolute atomic E-state index is 0.365. The highest BCUT2D eigenvalue weighted by Crippen LogP contribution is 2.28. The van der Waals surface area contributed by atoms with Gasteiger partial charge in [0, 0.05) is 14.2 Å². The van der Waals surface area contributed by atoms with Crippen LogP contribution in [0.15, 0.2) is 0 Å². The maximum Gasteiger partial charge on any atom is 0.327 e. The lowest BCUT2D eigenvalue weighted by Gasteiger charge is -2.29. The van der Waals surface area contributed by atoms with E-state index in [0.29, 0.717) is 12.8 Å². The number of aliphatic hydroxyl groups excluding tert-OH is 4. The van der Waals surface area contributed by atoms with E-state index >= 15 is 0 Å². The van der Waals surface area contributed by atoms with E-state index in [1.807, 2.05) is 0 Å². The summed E-state index contributed by atoms with van der Waals surface area (Å²) >= 11 is 0. The van der Waals surface area contributed by atoms with E-state index in [1.165, 1.54) is 14.2 Å². The van der Waals surface area contributed by atoms with Gasteiger partial charge in [-0.2, -0.15) is 0 Å². The molecule has 27 heavy (non-hydrogen) atoms. The van der Waals surface area contributed by atoms with E-state index in [1.54, 1.807) is 13.8 Å². The molecule has 2 rings (SSSR count). The second kappa shape index (κ2) is 8.54. The van der Waals surface area contributed by atoms with Crippen molar-refractivity contribution in [2.24, 2.45) is 0 Å². The molecule has 0 radical (unpaired) electrons. The molecule has 0 aliphatic carbocycles. The molecular weight excluding hydrogens is 364 g/mol. The minimum Gasteiger partial charge on any atom is -0.369 e. The van der Waals surface area contributed by atoms with Gasteiger partial charge in [0.25, 0.3) is 0 Å². The molecule has 0 aromatic carbocycles. The summed E-state index contributed by atoms with van der Waals surface area (Å²) in [7, 11) is 2.72. The number of methoxy groups -OCH3 is 2. The Morgan fingerprint density at radius 3 is 1.37 bits per heavy atom. The molecule has 4 N–H and O–H groups in total. The fourth-order valence-electron chi connectivity index (χ4n) is 3.35. The first-order chi connectivity index (χ1) is 12.7. The first-order valence-corrected chi connectivity index (χ1v) is 8.70. The summed E-state index contributed by atoms with van der Waals surface area (Å²) in [5.74, 6) is 0. The zero-order valence-electron chi connectivity index (χ0n) is 15.8. The van der Waals surface area contributed by atoms with Crippen LogP contribution in [-0.2, 0) is 9.47 Å². The highest BCUT2D eigenvalue weighted by atomic mass is 16.5. The Morgan fingerprint density at radius 2 is 1.11 bits per heavy atom. The van der Waals surface area contributed by atoms with Gasteiger partial charge in [-0.25, -0.2) is 9.59 Å². The molecule has 2 aliphatic rings. The van der Waals surface area contributed by atoms with E-state index in [9.17, 15) is 30.0 Å². The maximum absolute atomic E-state index is 12.6. The van der Waals surface area contributed by atoms with E-state index in [4.69, 9.17) is 9.47 Å². The highest BCUT2D eigenvalue weighted by molar-refractivity contribution is 5.80. The van der Waals surface area contributed by atoms with Gasteiger partial charge in [-0.15, -0.1) is 0 Å². The fourth-order valence-corrected chi connectivity index (χ4v) is 3.35. The van der Waals surface area contributed by atoms with Crippen LogP contribution in [0.5, 0.6) is 0 Å². The summed E-state index contributed by atoms with van der Waals surface area (Å²) in [6.07, 6.45) is -7.23. The summed E-state index contributed by atoms with van der Waals surface area (Å²) < 4.78 is 10.3. The van der Waals surface area contributed by atoms with Crippen LogP contribution < -0.4 is 0 Å². The number of amides is 4. The molecule has 12 heteroatoms. The standard InChI is InChI=1S/C15H28N4O8/c1-5-8(26-3)18-12(22)10(20)16(14(18)24)7-17-11(21)13(23)19(15(17)25)9(6-2)27-4/h8-13,20-23H,5-7H2,1-4H3. The molecule has 0 aromatic rings. The number of ether oxygens (including phenoxy) is 2. The first-order valence-electron chi connectivity index (χ1n) is 8.70. The molecule has 0 saturated carbocycles. The average Bonchev–Trinajstić information content (AvgIpc) is 2.99. The Bertz CT molecular complexity index is 498. The quantitative estimate of drug-likeness (QED) is 0.389. The van der Waals surface area contributed by atoms with Gasteiger partial charge < -0.3 is 29.9 Å². The number of nitrogens with zero attached hydrogens (tertiary/aromatic N) is 4. The molecule has 2 heterocycles. The fraction of sp³-hybridized carbons (Fsp3) is 0.867. The Balaban J connectivity index is 2.20. The molecule has 0 spiro atoms. The predicted octanol–water partition coefficient (Wildman–Crippen LogP) is -1.54. The lowest BCUT2D eigenvalue weighted by molar-refractivity contribution is -0.131. The summed E-state index contributed by atoms with van der Waals surface area (Å²) in [5.41, 5.74) is 0. The van der Waals surface area contributed by atoms with Gasteiger partial charge in [-0.3, -0.25) is 19.6 Å². The van der Waals surface area contributed by atoms with Crippen molar-refractivity contribution >= 4 is 12.1 Å². The maximum atomic E-state index is 12.6. The number of carbonyl (C=O) groups excluding carboxylic acids is 2. The zero-order chi connectivity index (χ0) is 20.5. The molecule has 0 bridgehead atoms. The summed E-state index contributed by atoms with van der Waals surface area (Å²) in [4.78, 5) is 28.8. The van der Waals surface area contributed by atoms with Gasteiger partial charge in [-0.1, -0.05) is 13.8 Å². The van der Waals surface area contributed by atoms with E-state index in [0.717, 1.165) is 19.6 Å². The lowest BCUT2D eigenvalue weighted by atomic mass is 10.3. The molecule has 156 valence electrons. The van der Waals surface area contributed by atoms with Crippen molar-refractivity contribution in [2.45, 2.75) is 64.1 Å². The predicted molar refractivity (Wildman–Crippen MR) is 89.2 cm³/mol. The van der Waals surface area contributed by atoms with Gasteiger partial charge in [0.15, 0.2) is 24.9 Å². The van der Waals surface area contributed by atoms with Crippen molar-refractivity contribution in [1.82, 2.24) is 19.6 Å². The number of hydrogen-bond donors (Lipinski definition) is 4. The number of urea groups is 2. The molecule has 2 fully saturated rings. The van der Waals surface area contributed by atoms with E-state index in [-0.39, 0.29) is 0 Å². The minimum atomic E-state index is -1.64. The van der Waals surface area contributed by atoms with Gasteiger partial charge in [0.05, 0.1) is 0 Å². The first kappa shape index (κ1) is 21.6. The molecule has 2 saturated heterocycles. The van der Waals surface area contributed by atoms with Crippen LogP contribution in [0.3, 0.4) is 0 Å². The molecule has 6 unspecified atom stereocenters. The van der Waals surface area contributed by atoms with Crippen LogP contribution in [0.1, 0.15) is 26.7 Å². The van der Waals surface area contributed by atoms with Crippen LogP contribution in [0.4, 0.5) is 9.59 Å². The zero-order valence-corrected chi connectivity index (χ0v) is 15.8. The Labute approximate surface area is 157 Å². The van der Waals surface area contributed by atoms with Crippen LogP contribution >= 0.6 is 0 Å². The van der Waals surface area contributed by atoms with Crippen molar-refractivity contribution in [3.63, 3.8) is 0 Å². The van der Waals surface area contributed by atoms with Crippen molar-refractivity contribution in [3.05, 3.63) is 0 Å². The molecule has 4 amide bonds. The van der Waals surface area contributed by atoms with Gasteiger partial charge in [0.2, 0.25) is 0 Å². The van der Waals surface area contributed by atoms with E-state index in [2.05, 4.69) is 0 Å². The molecule has 0 aromatic heterocycles. The van der Waals surface area contributed by atoms with Gasteiger partial charge in [-0.05, 0) is 12.8 Å². The molecule has 6 atom stereocenters. The number of aliphatic hydroxyl groups is 4. The molecule has 12 nitrogen and oxygen atoms in total. The monoisotopic (exact) mass is 392 g/mol. The van der Waals surface area contributed by atoms with Crippen LogP contribution in [0.2, 0.25) is 0 Å². The van der Waals surface area contributed by atoms with Gasteiger partial charge in [0.1, 0.15) is 19.1 Å². The Morgan fingerprint density at radius 1 is 0.778 bits per heavy atom. The van der Waals surface area contributed by atoms with Crippen LogP contribution in [0.25, 0.3) is 0 Å². The Hall–Kier alpha value is -1.70. The Kier molecular flexibility index (Phi) is 6.83. The normalized spacial score (nSPS) is 31.3. The van der Waals surface area contributed by atoms with Crippen molar-refractivity contribution in [1.29, 1.82) is 0 Å². The molecule has 2 aliphatic heterocycles. The topological polar surface area (TPSA) is 146 Å². The van der Waals surface area contributed by atoms with Crippen molar-refractivity contribution in [2.75, 3.05) is 20.9 Å². The third kappa shape index (κ3) is 3.56. The van der Waals surface area contributed by atoms with Crippen molar-refractivity contribution < 1.29 is 39.5 Å². The van der Waals surface area contributed by atoms with Crippen LogP contribution in [0, 0.1) is 0 Å². The number of rotatable bonds is 8. The summed E-state index contributed by atoms with van der Waals surface area (Å²) in [6.45, 7) is 2.93. The number of hydrogen-bond acceptors (Lipinski definition) is 8. The second-order valence-electron chi connectivity index (χ2n) is 6.31. The lowest BCUT2D eigenvalue weighted by Crippen LogP contribution is -2.49. The SMILES string of the molecule is CCC(OC)N1C(=O)N(CN2C(=O)N(C(CC)OC)C(O)C2O)C(O)C1O. The smallest absolute Gasteiger partial charge is 0.327 e. The highest BCUT2D eigenvalue weighted by Gasteiger charge is 2.52. The van der Waals surface area contributed by atoms with E-state index < -0.39 is 56.1 Å². The summed E-state index contributed by atoms with van der Waals surface area (Å²) in [6, 6.07) is -1.54. The third-order valence-electron chi connectivity index (χ3n) is 4.84. The second-order valence-corrected chi connectivity index (χ2v) is 6.31. The van der Waals surface area contributed by atoms with Gasteiger partial charge >= 0.3 is 12.1 Å². The molecular formula is C15H28N4O8. The number of carbonyl (C=O) groups is 2. The largest absolute Gasteiger partial charge is 0.369 e.